The Labute approximate surface area is 86.7 Å². The molecule has 0 aromatic carbocycles. The largest absolute Gasteiger partial charge is 0.313 e. The summed E-state index contributed by atoms with van der Waals surface area (Å²) in [5.41, 5.74) is -0.734. The molecule has 0 fully saturated rings. The molecule has 7 heteroatoms. The van der Waals surface area contributed by atoms with Crippen molar-refractivity contribution in [3.63, 3.8) is 0 Å². The van der Waals surface area contributed by atoms with Gasteiger partial charge in [0.25, 0.3) is 5.56 Å². The molecule has 0 radical (unpaired) electrons. The Morgan fingerprint density at radius 1 is 1.36 bits per heavy atom. The van der Waals surface area contributed by atoms with Gasteiger partial charge in [0.1, 0.15) is 16.1 Å². The van der Waals surface area contributed by atoms with Gasteiger partial charge in [-0.15, -0.1) is 0 Å². The number of nitrogens with one attached hydrogen (secondary N) is 1. The minimum Gasteiger partial charge on any atom is -0.313 e. The molecule has 2 heterocycles. The first kappa shape index (κ1) is 9.36. The van der Waals surface area contributed by atoms with E-state index in [4.69, 9.17) is 23.2 Å². The summed E-state index contributed by atoms with van der Waals surface area (Å²) < 4.78 is 13.3. The Bertz CT molecular complexity index is 569. The predicted molar refractivity (Wildman–Crippen MR) is 50.1 cm³/mol. The van der Waals surface area contributed by atoms with E-state index in [0.29, 0.717) is 0 Å². The van der Waals surface area contributed by atoms with E-state index in [9.17, 15) is 9.18 Å². The summed E-state index contributed by atoms with van der Waals surface area (Å²) in [6, 6.07) is 0. The standard InChI is InChI=1S/C7H2Cl2FN3O/c8-5-2-4(3(10)6(9)13-5)11-1-12-7(2)14/h1H,(H,11,12,14). The van der Waals surface area contributed by atoms with E-state index in [-0.39, 0.29) is 16.1 Å². The van der Waals surface area contributed by atoms with Gasteiger partial charge >= 0.3 is 0 Å². The maximum atomic E-state index is 13.3. The first-order chi connectivity index (χ1) is 6.61. The number of aromatic nitrogens is 3. The van der Waals surface area contributed by atoms with Crippen molar-refractivity contribution in [1.82, 2.24) is 15.0 Å². The van der Waals surface area contributed by atoms with Gasteiger partial charge in [0, 0.05) is 0 Å². The van der Waals surface area contributed by atoms with Crippen molar-refractivity contribution in [1.29, 1.82) is 0 Å². The Hall–Kier alpha value is -1.20. The van der Waals surface area contributed by atoms with Crippen LogP contribution in [-0.2, 0) is 0 Å². The van der Waals surface area contributed by atoms with Crippen LogP contribution in [0.5, 0.6) is 0 Å². The molecule has 72 valence electrons. The molecule has 0 unspecified atom stereocenters. The Morgan fingerprint density at radius 2 is 2.07 bits per heavy atom. The summed E-state index contributed by atoms with van der Waals surface area (Å²) in [5.74, 6) is -0.850. The zero-order chi connectivity index (χ0) is 10.3. The highest BCUT2D eigenvalue weighted by atomic mass is 35.5. The van der Waals surface area contributed by atoms with Crippen LogP contribution in [0.1, 0.15) is 0 Å². The summed E-state index contributed by atoms with van der Waals surface area (Å²) >= 11 is 11.0. The SMILES string of the molecule is O=c1[nH]cnc2c(F)c(Cl)nc(Cl)c12. The Morgan fingerprint density at radius 3 is 2.79 bits per heavy atom. The molecule has 0 atom stereocenters. The number of rotatable bonds is 0. The monoisotopic (exact) mass is 233 g/mol. The topological polar surface area (TPSA) is 58.6 Å². The maximum Gasteiger partial charge on any atom is 0.261 e. The first-order valence-corrected chi connectivity index (χ1v) is 4.24. The number of hydrogen-bond acceptors (Lipinski definition) is 3. The van der Waals surface area contributed by atoms with Gasteiger partial charge in [0.15, 0.2) is 11.0 Å². The lowest BCUT2D eigenvalue weighted by Gasteiger charge is -2.00. The van der Waals surface area contributed by atoms with Gasteiger partial charge in [-0.1, -0.05) is 23.2 Å². The molecule has 4 nitrogen and oxygen atoms in total. The molecule has 0 spiro atoms. The van der Waals surface area contributed by atoms with E-state index in [2.05, 4.69) is 15.0 Å². The number of nitrogens with zero attached hydrogens (tertiary/aromatic N) is 2. The lowest BCUT2D eigenvalue weighted by molar-refractivity contribution is 0.631. The molecule has 0 saturated carbocycles. The van der Waals surface area contributed by atoms with Crippen LogP contribution in [0.25, 0.3) is 10.9 Å². The fourth-order valence-electron chi connectivity index (χ4n) is 1.05. The van der Waals surface area contributed by atoms with Crippen LogP contribution in [0.4, 0.5) is 4.39 Å². The van der Waals surface area contributed by atoms with Crippen molar-refractivity contribution in [2.45, 2.75) is 0 Å². The molecule has 2 aromatic rings. The number of H-pyrrole nitrogens is 1. The highest BCUT2D eigenvalue weighted by Gasteiger charge is 2.14. The minimum atomic E-state index is -0.850. The van der Waals surface area contributed by atoms with Gasteiger partial charge in [0.05, 0.1) is 6.33 Å². The van der Waals surface area contributed by atoms with Crippen molar-refractivity contribution in [2.24, 2.45) is 0 Å². The zero-order valence-electron chi connectivity index (χ0n) is 6.51. The van der Waals surface area contributed by atoms with Crippen molar-refractivity contribution in [3.05, 3.63) is 32.8 Å². The number of fused-ring (bicyclic) bond motifs is 1. The van der Waals surface area contributed by atoms with E-state index >= 15 is 0 Å². The van der Waals surface area contributed by atoms with Gasteiger partial charge in [-0.25, -0.2) is 14.4 Å². The molecule has 0 aliphatic carbocycles. The molecular weight excluding hydrogens is 232 g/mol. The molecule has 2 rings (SSSR count). The average molecular weight is 234 g/mol. The van der Waals surface area contributed by atoms with Gasteiger partial charge in [-0.2, -0.15) is 0 Å². The molecule has 0 amide bonds. The second-order valence-corrected chi connectivity index (χ2v) is 3.18. The molecule has 1 N–H and O–H groups in total. The van der Waals surface area contributed by atoms with Crippen LogP contribution >= 0.6 is 23.2 Å². The van der Waals surface area contributed by atoms with Crippen molar-refractivity contribution >= 4 is 34.1 Å². The minimum absolute atomic E-state index is 0.101. The van der Waals surface area contributed by atoms with Crippen LogP contribution in [0.3, 0.4) is 0 Å². The van der Waals surface area contributed by atoms with Crippen LogP contribution in [0.2, 0.25) is 10.3 Å². The first-order valence-electron chi connectivity index (χ1n) is 3.49. The smallest absolute Gasteiger partial charge is 0.261 e. The Kier molecular flexibility index (Phi) is 2.13. The number of pyridine rings is 1. The second kappa shape index (κ2) is 3.18. The molecule has 0 aliphatic rings. The highest BCUT2D eigenvalue weighted by Crippen LogP contribution is 2.23. The lowest BCUT2D eigenvalue weighted by atomic mass is 10.3. The molecule has 0 aliphatic heterocycles. The van der Waals surface area contributed by atoms with Gasteiger partial charge < -0.3 is 4.98 Å². The molecule has 0 saturated heterocycles. The third kappa shape index (κ3) is 1.25. The molecular formula is C7H2Cl2FN3O. The van der Waals surface area contributed by atoms with Crippen LogP contribution < -0.4 is 5.56 Å². The zero-order valence-corrected chi connectivity index (χ0v) is 8.03. The van der Waals surface area contributed by atoms with Crippen LogP contribution in [0, 0.1) is 5.82 Å². The fraction of sp³-hybridized carbons (Fsp3) is 0. The molecule has 0 bridgehead atoms. The maximum absolute atomic E-state index is 13.3. The third-order valence-electron chi connectivity index (χ3n) is 1.64. The van der Waals surface area contributed by atoms with Crippen molar-refractivity contribution < 1.29 is 4.39 Å². The van der Waals surface area contributed by atoms with E-state index in [0.717, 1.165) is 6.33 Å². The van der Waals surface area contributed by atoms with E-state index in [1.54, 1.807) is 0 Å². The van der Waals surface area contributed by atoms with E-state index in [1.165, 1.54) is 0 Å². The number of halogens is 3. The lowest BCUT2D eigenvalue weighted by Crippen LogP contribution is -2.09. The van der Waals surface area contributed by atoms with Crippen LogP contribution in [0.15, 0.2) is 11.1 Å². The van der Waals surface area contributed by atoms with E-state index < -0.39 is 16.5 Å². The van der Waals surface area contributed by atoms with Gasteiger partial charge in [-0.3, -0.25) is 4.79 Å². The van der Waals surface area contributed by atoms with Gasteiger partial charge in [-0.05, 0) is 0 Å². The summed E-state index contributed by atoms with van der Waals surface area (Å²) in [4.78, 5) is 20.6. The van der Waals surface area contributed by atoms with Crippen LogP contribution in [-0.4, -0.2) is 15.0 Å². The third-order valence-corrected chi connectivity index (χ3v) is 2.17. The summed E-state index contributed by atoms with van der Waals surface area (Å²) in [6.45, 7) is 0. The second-order valence-electron chi connectivity index (χ2n) is 2.46. The van der Waals surface area contributed by atoms with Crippen molar-refractivity contribution in [3.8, 4) is 0 Å². The normalized spacial score (nSPS) is 10.8. The predicted octanol–water partition coefficient (Wildman–Crippen LogP) is 1.76. The Balaban J connectivity index is 3.10. The van der Waals surface area contributed by atoms with Crippen molar-refractivity contribution in [2.75, 3.05) is 0 Å². The number of hydrogen-bond donors (Lipinski definition) is 1. The van der Waals surface area contributed by atoms with E-state index in [1.807, 2.05) is 0 Å². The molecule has 14 heavy (non-hydrogen) atoms. The average Bonchev–Trinajstić information content (AvgIpc) is 2.14. The summed E-state index contributed by atoms with van der Waals surface area (Å²) in [6.07, 6.45) is 1.07. The highest BCUT2D eigenvalue weighted by molar-refractivity contribution is 6.36. The fourth-order valence-corrected chi connectivity index (χ4v) is 1.52. The summed E-state index contributed by atoms with van der Waals surface area (Å²) in [7, 11) is 0. The quantitative estimate of drug-likeness (QED) is 0.706. The number of aromatic amines is 1. The van der Waals surface area contributed by atoms with Gasteiger partial charge in [0.2, 0.25) is 0 Å². The summed E-state index contributed by atoms with van der Waals surface area (Å²) in [5, 5.41) is -0.669. The molecule has 2 aromatic heterocycles.